The molecule has 0 radical (unpaired) electrons. The number of nitrogens with zero attached hydrogens (tertiary/aromatic N) is 3. The predicted molar refractivity (Wildman–Crippen MR) is 143 cm³/mol. The van der Waals surface area contributed by atoms with Crippen molar-refractivity contribution in [2.24, 2.45) is 5.92 Å². The SMILES string of the molecule is C=CCOC[C@H](O)CN(Cc1c(CC)nn(-c2ccccc2)c1Oc1ccc(OC)cc1)CC(C)C. The van der Waals surface area contributed by atoms with Gasteiger partial charge in [-0.05, 0) is 48.7 Å². The summed E-state index contributed by atoms with van der Waals surface area (Å²) in [4.78, 5) is 2.25. The molecule has 0 amide bonds. The molecule has 0 fully saturated rings. The first-order chi connectivity index (χ1) is 17.4. The second-order valence-corrected chi connectivity index (χ2v) is 9.18. The second-order valence-electron chi connectivity index (χ2n) is 9.18. The third-order valence-corrected chi connectivity index (χ3v) is 5.65. The standard InChI is InChI=1S/C29H39N3O4/c1-6-17-35-21-24(33)19-31(18-22(3)4)20-27-28(7-2)30-32(23-11-9-8-10-12-23)29(27)36-26-15-13-25(34-5)14-16-26/h6,8-16,22,24,33H,1,7,17-21H2,2-5H3/t24-/m1/s1. The van der Waals surface area contributed by atoms with Crippen LogP contribution in [0.2, 0.25) is 0 Å². The molecule has 1 aromatic heterocycles. The number of aliphatic hydroxyl groups is 1. The fourth-order valence-corrected chi connectivity index (χ4v) is 4.11. The number of benzene rings is 2. The Bertz CT molecular complexity index is 1060. The lowest BCUT2D eigenvalue weighted by Gasteiger charge is -2.27. The zero-order chi connectivity index (χ0) is 25.9. The van der Waals surface area contributed by atoms with E-state index in [1.54, 1.807) is 13.2 Å². The van der Waals surface area contributed by atoms with Gasteiger partial charge in [0.2, 0.25) is 5.88 Å². The minimum Gasteiger partial charge on any atom is -0.497 e. The number of ether oxygens (including phenoxy) is 3. The van der Waals surface area contributed by atoms with E-state index in [4.69, 9.17) is 19.3 Å². The van der Waals surface area contributed by atoms with E-state index >= 15 is 0 Å². The maximum Gasteiger partial charge on any atom is 0.227 e. The maximum atomic E-state index is 10.6. The molecule has 0 spiro atoms. The van der Waals surface area contributed by atoms with Gasteiger partial charge < -0.3 is 19.3 Å². The highest BCUT2D eigenvalue weighted by Gasteiger charge is 2.24. The molecule has 3 aromatic rings. The molecule has 7 heteroatoms. The molecule has 1 heterocycles. The molecule has 0 aliphatic carbocycles. The molecule has 0 saturated heterocycles. The van der Waals surface area contributed by atoms with Gasteiger partial charge in [0.1, 0.15) is 11.5 Å². The first-order valence-electron chi connectivity index (χ1n) is 12.5. The summed E-state index contributed by atoms with van der Waals surface area (Å²) in [5.74, 6) is 2.56. The van der Waals surface area contributed by atoms with Crippen molar-refractivity contribution in [1.29, 1.82) is 0 Å². The van der Waals surface area contributed by atoms with Gasteiger partial charge in [0.05, 0.1) is 43.4 Å². The summed E-state index contributed by atoms with van der Waals surface area (Å²) >= 11 is 0. The Morgan fingerprint density at radius 3 is 2.36 bits per heavy atom. The summed E-state index contributed by atoms with van der Waals surface area (Å²) in [7, 11) is 1.64. The largest absolute Gasteiger partial charge is 0.497 e. The Morgan fingerprint density at radius 1 is 1.06 bits per heavy atom. The Morgan fingerprint density at radius 2 is 1.75 bits per heavy atom. The van der Waals surface area contributed by atoms with Gasteiger partial charge in [0.15, 0.2) is 0 Å². The number of hydrogen-bond acceptors (Lipinski definition) is 6. The van der Waals surface area contributed by atoms with Gasteiger partial charge >= 0.3 is 0 Å². The van der Waals surface area contributed by atoms with E-state index in [0.717, 1.165) is 35.7 Å². The van der Waals surface area contributed by atoms with E-state index < -0.39 is 6.10 Å². The third-order valence-electron chi connectivity index (χ3n) is 5.65. The number of hydrogen-bond donors (Lipinski definition) is 1. The first-order valence-corrected chi connectivity index (χ1v) is 12.5. The van der Waals surface area contributed by atoms with Crippen molar-refractivity contribution >= 4 is 0 Å². The number of para-hydroxylation sites is 1. The summed E-state index contributed by atoms with van der Waals surface area (Å²) in [5, 5.41) is 15.6. The lowest BCUT2D eigenvalue weighted by atomic mass is 10.1. The Labute approximate surface area is 214 Å². The van der Waals surface area contributed by atoms with Crippen LogP contribution in [0.1, 0.15) is 32.0 Å². The van der Waals surface area contributed by atoms with Gasteiger partial charge in [0.25, 0.3) is 0 Å². The van der Waals surface area contributed by atoms with Crippen LogP contribution in [0, 0.1) is 5.92 Å². The van der Waals surface area contributed by atoms with Gasteiger partial charge in [-0.25, -0.2) is 4.68 Å². The highest BCUT2D eigenvalue weighted by Crippen LogP contribution is 2.33. The van der Waals surface area contributed by atoms with Crippen molar-refractivity contribution < 1.29 is 19.3 Å². The first kappa shape index (κ1) is 27.5. The molecule has 1 N–H and O–H groups in total. The van der Waals surface area contributed by atoms with Crippen LogP contribution in [-0.4, -0.2) is 59.3 Å². The van der Waals surface area contributed by atoms with E-state index in [-0.39, 0.29) is 6.61 Å². The number of aliphatic hydroxyl groups excluding tert-OH is 1. The summed E-state index contributed by atoms with van der Waals surface area (Å²) in [6, 6.07) is 17.5. The minimum absolute atomic E-state index is 0.264. The normalized spacial score (nSPS) is 12.2. The number of aryl methyl sites for hydroxylation is 1. The third kappa shape index (κ3) is 7.68. The molecule has 0 saturated carbocycles. The molecule has 0 unspecified atom stereocenters. The topological polar surface area (TPSA) is 69.0 Å². The molecular formula is C29H39N3O4. The molecule has 36 heavy (non-hydrogen) atoms. The van der Waals surface area contributed by atoms with E-state index in [1.807, 2.05) is 59.3 Å². The summed E-state index contributed by atoms with van der Waals surface area (Å²) in [6.07, 6.45) is 1.84. The van der Waals surface area contributed by atoms with E-state index in [1.165, 1.54) is 0 Å². The molecule has 7 nitrogen and oxygen atoms in total. The minimum atomic E-state index is -0.607. The van der Waals surface area contributed by atoms with Crippen molar-refractivity contribution in [3.63, 3.8) is 0 Å². The number of methoxy groups -OCH3 is 1. The van der Waals surface area contributed by atoms with Crippen LogP contribution in [0.15, 0.2) is 67.3 Å². The molecule has 0 aliphatic rings. The lowest BCUT2D eigenvalue weighted by Crippen LogP contribution is -2.37. The van der Waals surface area contributed by atoms with E-state index in [9.17, 15) is 5.11 Å². The molecular weight excluding hydrogens is 454 g/mol. The molecule has 2 aromatic carbocycles. The van der Waals surface area contributed by atoms with Crippen LogP contribution >= 0.6 is 0 Å². The Hall–Kier alpha value is -3.13. The summed E-state index contributed by atoms with van der Waals surface area (Å²) in [6.45, 7) is 12.7. The number of rotatable bonds is 15. The van der Waals surface area contributed by atoms with Crippen LogP contribution in [-0.2, 0) is 17.7 Å². The molecule has 0 bridgehead atoms. The van der Waals surface area contributed by atoms with Crippen molar-refractivity contribution in [3.05, 3.63) is 78.5 Å². The fraction of sp³-hybridized carbons (Fsp3) is 0.414. The van der Waals surface area contributed by atoms with Gasteiger partial charge in [0, 0.05) is 19.6 Å². The van der Waals surface area contributed by atoms with Crippen molar-refractivity contribution in [3.8, 4) is 23.1 Å². The lowest BCUT2D eigenvalue weighted by molar-refractivity contribution is 0.0221. The average Bonchev–Trinajstić information content (AvgIpc) is 3.21. The highest BCUT2D eigenvalue weighted by molar-refractivity contribution is 5.44. The van der Waals surface area contributed by atoms with Crippen LogP contribution < -0.4 is 9.47 Å². The quantitative estimate of drug-likeness (QED) is 0.230. The van der Waals surface area contributed by atoms with Crippen LogP contribution in [0.3, 0.4) is 0 Å². The van der Waals surface area contributed by atoms with Crippen LogP contribution in [0.4, 0.5) is 0 Å². The predicted octanol–water partition coefficient (Wildman–Crippen LogP) is 5.26. The number of aromatic nitrogens is 2. The van der Waals surface area contributed by atoms with Crippen molar-refractivity contribution in [1.82, 2.24) is 14.7 Å². The second kappa shape index (κ2) is 13.8. The van der Waals surface area contributed by atoms with Crippen LogP contribution in [0.5, 0.6) is 17.4 Å². The van der Waals surface area contributed by atoms with Gasteiger partial charge in [-0.3, -0.25) is 4.90 Å². The van der Waals surface area contributed by atoms with Gasteiger partial charge in [-0.1, -0.05) is 45.0 Å². The summed E-state index contributed by atoms with van der Waals surface area (Å²) < 4.78 is 19.1. The average molecular weight is 494 g/mol. The maximum absolute atomic E-state index is 10.6. The van der Waals surface area contributed by atoms with Crippen molar-refractivity contribution in [2.45, 2.75) is 39.8 Å². The zero-order valence-electron chi connectivity index (χ0n) is 21.9. The van der Waals surface area contributed by atoms with Gasteiger partial charge in [-0.15, -0.1) is 6.58 Å². The monoisotopic (exact) mass is 493 g/mol. The van der Waals surface area contributed by atoms with E-state index in [2.05, 4.69) is 32.3 Å². The Kier molecular flexibility index (Phi) is 10.5. The van der Waals surface area contributed by atoms with E-state index in [0.29, 0.717) is 37.2 Å². The molecule has 3 rings (SSSR count). The fourth-order valence-electron chi connectivity index (χ4n) is 4.11. The smallest absolute Gasteiger partial charge is 0.227 e. The molecule has 0 aliphatic heterocycles. The van der Waals surface area contributed by atoms with Crippen molar-refractivity contribution in [2.75, 3.05) is 33.4 Å². The zero-order valence-corrected chi connectivity index (χ0v) is 21.9. The highest BCUT2D eigenvalue weighted by atomic mass is 16.5. The van der Waals surface area contributed by atoms with Gasteiger partial charge in [-0.2, -0.15) is 5.10 Å². The molecule has 194 valence electrons. The van der Waals surface area contributed by atoms with Crippen LogP contribution in [0.25, 0.3) is 5.69 Å². The Balaban J connectivity index is 1.97. The molecule has 1 atom stereocenters. The summed E-state index contributed by atoms with van der Waals surface area (Å²) in [5.41, 5.74) is 2.90.